The Bertz CT molecular complexity index is 1150. The second-order valence-electron chi connectivity index (χ2n) is 5.71. The molecule has 0 N–H and O–H groups in total. The molecule has 0 bridgehead atoms. The number of carbonyl (C=O) groups excluding carboxylic acids is 1. The summed E-state index contributed by atoms with van der Waals surface area (Å²) in [5.41, 5.74) is 0.604. The summed E-state index contributed by atoms with van der Waals surface area (Å²) >= 11 is 1.47. The molecule has 1 aromatic heterocycles. The number of hydrogen-bond acceptors (Lipinski definition) is 6. The van der Waals surface area contributed by atoms with Gasteiger partial charge in [-0.3, -0.25) is 0 Å². The maximum Gasteiger partial charge on any atom is 0.420 e. The first-order valence-corrected chi connectivity index (χ1v) is 9.45. The number of piperidine rings is 1. The Balaban J connectivity index is 0.00000420. The summed E-state index contributed by atoms with van der Waals surface area (Å²) in [6, 6.07) is 10.9. The second kappa shape index (κ2) is 10.8. The van der Waals surface area contributed by atoms with E-state index in [0.29, 0.717) is 16.4 Å². The topological polar surface area (TPSA) is 54.9 Å². The molecular weight excluding hydrogens is 410 g/mol. The highest BCUT2D eigenvalue weighted by Gasteiger charge is 2.30. The van der Waals surface area contributed by atoms with Crippen molar-refractivity contribution < 1.29 is 28.0 Å². The molecule has 6 nitrogen and oxygen atoms in total. The molecule has 1 fully saturated rings. The number of rotatable bonds is 6. The molecule has 2 aromatic rings. The Morgan fingerprint density at radius 1 is 1.07 bits per heavy atom. The van der Waals surface area contributed by atoms with Crippen molar-refractivity contribution in [1.82, 2.24) is 9.88 Å². The fourth-order valence-electron chi connectivity index (χ4n) is 2.65. The van der Waals surface area contributed by atoms with Gasteiger partial charge in [0.2, 0.25) is 0 Å². The molecule has 8 heteroatoms. The maximum atomic E-state index is 13.0. The molecule has 0 aliphatic carbocycles. The van der Waals surface area contributed by atoms with Gasteiger partial charge in [-0.05, 0) is 50.0 Å². The van der Waals surface area contributed by atoms with Gasteiger partial charge in [-0.1, -0.05) is 30.3 Å². The standard InChI is InChI=1S/C21H25N3O3S.ClH/c25-21(27-16-15-26-14-13-23-11-4-1-5-12-23)24-17-7-2-3-8-18(17)28-19-9-6-10-22-20(19)24;/h2-3,6-10H,1,4-5,11-16H2;1H/i1D2,4D2,5D2,11D2,12D2;. The summed E-state index contributed by atoms with van der Waals surface area (Å²) in [6.45, 7) is -7.71. The van der Waals surface area contributed by atoms with Gasteiger partial charge >= 0.3 is 6.09 Å². The third-order valence-corrected chi connectivity index (χ3v) is 4.99. The largest absolute Gasteiger partial charge is 0.446 e. The highest BCUT2D eigenvalue weighted by molar-refractivity contribution is 7.99. The quantitative estimate of drug-likeness (QED) is 0.598. The van der Waals surface area contributed by atoms with E-state index in [0.717, 1.165) is 9.79 Å². The number of pyridine rings is 1. The fraction of sp³-hybridized carbons (Fsp3) is 0.429. The monoisotopic (exact) mass is 445 g/mol. The van der Waals surface area contributed by atoms with Gasteiger partial charge in [0.25, 0.3) is 0 Å². The molecule has 0 saturated carbocycles. The van der Waals surface area contributed by atoms with Crippen LogP contribution in [0.4, 0.5) is 16.3 Å². The number of para-hydroxylation sites is 1. The number of fused-ring (bicyclic) bond motifs is 2. The zero-order chi connectivity index (χ0) is 28.1. The Hall–Kier alpha value is -1.80. The van der Waals surface area contributed by atoms with E-state index in [-0.39, 0.29) is 32.2 Å². The van der Waals surface area contributed by atoms with Crippen molar-refractivity contribution in [3.8, 4) is 0 Å². The van der Waals surface area contributed by atoms with E-state index in [1.165, 1.54) is 16.7 Å². The van der Waals surface area contributed by atoms with Crippen LogP contribution in [-0.4, -0.2) is 55.3 Å². The number of halogens is 1. The lowest BCUT2D eigenvalue weighted by atomic mass is 10.1. The molecule has 2 aliphatic heterocycles. The maximum absolute atomic E-state index is 13.0. The van der Waals surface area contributed by atoms with Crippen LogP contribution in [0.15, 0.2) is 52.4 Å². The highest BCUT2D eigenvalue weighted by Crippen LogP contribution is 2.46. The van der Waals surface area contributed by atoms with E-state index < -0.39 is 44.8 Å². The van der Waals surface area contributed by atoms with Crippen molar-refractivity contribution in [2.75, 3.05) is 44.3 Å². The third-order valence-electron chi connectivity index (χ3n) is 3.89. The number of aromatic nitrogens is 1. The predicted molar refractivity (Wildman–Crippen MR) is 117 cm³/mol. The van der Waals surface area contributed by atoms with E-state index in [4.69, 9.17) is 23.2 Å². The number of carbonyl (C=O) groups is 1. The molecule has 1 aromatic carbocycles. The van der Waals surface area contributed by atoms with Gasteiger partial charge in [0.15, 0.2) is 5.82 Å². The molecular formula is C21H26ClN3O3S. The molecule has 3 heterocycles. The summed E-state index contributed by atoms with van der Waals surface area (Å²) < 4.78 is 90.6. The molecule has 0 atom stereocenters. The number of nitrogens with zero attached hydrogens (tertiary/aromatic N) is 3. The lowest BCUT2D eigenvalue weighted by Crippen LogP contribution is -2.33. The number of benzene rings is 1. The van der Waals surface area contributed by atoms with Gasteiger partial charge in [-0.25, -0.2) is 14.7 Å². The van der Waals surface area contributed by atoms with E-state index in [1.54, 1.807) is 24.4 Å². The van der Waals surface area contributed by atoms with Gasteiger partial charge in [-0.15, -0.1) is 12.4 Å². The summed E-state index contributed by atoms with van der Waals surface area (Å²) in [4.78, 5) is 20.5. The SMILES string of the molecule is Cl.[2H]C1([2H])N(CCOCCOC(=O)N2c3ccccc3Sc3cccnc32)C([2H])([2H])C([2H])([2H])C([2H])([2H])C1([2H])[2H]. The van der Waals surface area contributed by atoms with Crippen LogP contribution in [0.3, 0.4) is 0 Å². The van der Waals surface area contributed by atoms with Crippen LogP contribution in [0, 0.1) is 0 Å². The molecule has 2 aliphatic rings. The summed E-state index contributed by atoms with van der Waals surface area (Å²) in [5, 5.41) is 0. The van der Waals surface area contributed by atoms with Gasteiger partial charge in [0, 0.05) is 31.3 Å². The molecule has 1 saturated heterocycles. The number of anilines is 2. The van der Waals surface area contributed by atoms with Crippen LogP contribution in [0.1, 0.15) is 32.8 Å². The molecule has 0 unspecified atom stereocenters. The Morgan fingerprint density at radius 2 is 1.86 bits per heavy atom. The van der Waals surface area contributed by atoms with Crippen molar-refractivity contribution >= 4 is 41.8 Å². The van der Waals surface area contributed by atoms with Crippen LogP contribution in [0.25, 0.3) is 0 Å². The average Bonchev–Trinajstić information content (AvgIpc) is 2.85. The molecule has 0 spiro atoms. The fourth-order valence-corrected chi connectivity index (χ4v) is 3.68. The van der Waals surface area contributed by atoms with Crippen molar-refractivity contribution in [1.29, 1.82) is 0 Å². The normalized spacial score (nSPS) is 29.6. The summed E-state index contributed by atoms with van der Waals surface area (Å²) in [5.74, 6) is 0.417. The Morgan fingerprint density at radius 3 is 2.72 bits per heavy atom. The predicted octanol–water partition coefficient (Wildman–Crippen LogP) is 4.75. The molecule has 1 amide bonds. The number of ether oxygens (including phenoxy) is 2. The summed E-state index contributed by atoms with van der Waals surface area (Å²) in [7, 11) is 0. The zero-order valence-electron chi connectivity index (χ0n) is 25.3. The Kier molecular flexibility index (Phi) is 4.54. The van der Waals surface area contributed by atoms with E-state index in [1.807, 2.05) is 18.2 Å². The first-order valence-electron chi connectivity index (χ1n) is 13.6. The highest BCUT2D eigenvalue weighted by atomic mass is 35.5. The second-order valence-corrected chi connectivity index (χ2v) is 6.79. The number of likely N-dealkylation sites (tertiary alicyclic amines) is 1. The van der Waals surface area contributed by atoms with Crippen LogP contribution >= 0.6 is 24.2 Å². The van der Waals surface area contributed by atoms with Gasteiger partial charge in [0.1, 0.15) is 6.61 Å². The summed E-state index contributed by atoms with van der Waals surface area (Å²) in [6.07, 6.45) is -9.35. The minimum atomic E-state index is -3.46. The number of amides is 1. The van der Waals surface area contributed by atoms with Crippen LogP contribution in [0.2, 0.25) is 0 Å². The molecule has 0 radical (unpaired) electrons. The Labute approximate surface area is 196 Å². The van der Waals surface area contributed by atoms with Crippen molar-refractivity contribution in [3.05, 3.63) is 42.6 Å². The number of hydrogen-bond donors (Lipinski definition) is 0. The van der Waals surface area contributed by atoms with Crippen LogP contribution in [0.5, 0.6) is 0 Å². The zero-order valence-corrected chi connectivity index (χ0v) is 16.9. The van der Waals surface area contributed by atoms with Crippen LogP contribution < -0.4 is 4.90 Å². The van der Waals surface area contributed by atoms with E-state index in [2.05, 4.69) is 4.98 Å². The molecule has 156 valence electrons. The van der Waals surface area contributed by atoms with Crippen LogP contribution in [-0.2, 0) is 9.47 Å². The lowest BCUT2D eigenvalue weighted by Gasteiger charge is -2.29. The minimum absolute atomic E-state index is 0. The molecule has 29 heavy (non-hydrogen) atoms. The van der Waals surface area contributed by atoms with Crippen molar-refractivity contribution in [2.45, 2.75) is 28.9 Å². The van der Waals surface area contributed by atoms with Crippen molar-refractivity contribution in [3.63, 3.8) is 0 Å². The van der Waals surface area contributed by atoms with Gasteiger partial charge in [0.05, 0.1) is 23.8 Å². The van der Waals surface area contributed by atoms with E-state index in [9.17, 15) is 4.79 Å². The minimum Gasteiger partial charge on any atom is -0.446 e. The first-order chi connectivity index (χ1) is 17.6. The van der Waals surface area contributed by atoms with Gasteiger partial charge < -0.3 is 14.4 Å². The van der Waals surface area contributed by atoms with Gasteiger partial charge in [-0.2, -0.15) is 0 Å². The average molecular weight is 446 g/mol. The smallest absolute Gasteiger partial charge is 0.420 e. The first kappa shape index (κ1) is 12.2. The molecule has 4 rings (SSSR count). The third kappa shape index (κ3) is 5.42. The van der Waals surface area contributed by atoms with E-state index >= 15 is 0 Å². The lowest BCUT2D eigenvalue weighted by molar-refractivity contribution is 0.0599. The van der Waals surface area contributed by atoms with Crippen molar-refractivity contribution in [2.24, 2.45) is 0 Å².